The fourth-order valence-electron chi connectivity index (χ4n) is 0.832. The van der Waals surface area contributed by atoms with Crippen LogP contribution < -0.4 is 4.74 Å². The standard InChI is InChI=1S/C9H12O2.C2H6/c1-8-4-3-5-9(6-8)11-7-10-2;1-2/h3-6H,7H2,1-2H3;1-2H3. The van der Waals surface area contributed by atoms with Gasteiger partial charge in [0.1, 0.15) is 5.75 Å². The molecule has 0 atom stereocenters. The topological polar surface area (TPSA) is 18.5 Å². The van der Waals surface area contributed by atoms with E-state index in [2.05, 4.69) is 0 Å². The molecule has 0 amide bonds. The van der Waals surface area contributed by atoms with Crippen molar-refractivity contribution in [1.29, 1.82) is 0 Å². The first-order valence-electron chi connectivity index (χ1n) is 4.51. The van der Waals surface area contributed by atoms with Crippen molar-refractivity contribution < 1.29 is 9.47 Å². The van der Waals surface area contributed by atoms with Gasteiger partial charge < -0.3 is 9.47 Å². The molecule has 0 spiro atoms. The molecule has 0 heterocycles. The maximum atomic E-state index is 5.21. The molecule has 1 aromatic rings. The lowest BCUT2D eigenvalue weighted by Crippen LogP contribution is -1.98. The molecule has 1 rings (SSSR count). The van der Waals surface area contributed by atoms with Crippen LogP contribution in [0.5, 0.6) is 5.75 Å². The normalized spacial score (nSPS) is 8.62. The summed E-state index contributed by atoms with van der Waals surface area (Å²) in [4.78, 5) is 0. The number of benzene rings is 1. The summed E-state index contributed by atoms with van der Waals surface area (Å²) < 4.78 is 9.98. The van der Waals surface area contributed by atoms with Gasteiger partial charge in [0, 0.05) is 7.11 Å². The molecule has 0 unspecified atom stereocenters. The number of aryl methyl sites for hydroxylation is 1. The molecule has 0 bridgehead atoms. The van der Waals surface area contributed by atoms with Crippen LogP contribution in [0.3, 0.4) is 0 Å². The monoisotopic (exact) mass is 182 g/mol. The molecule has 0 saturated carbocycles. The average Bonchev–Trinajstić information content (AvgIpc) is 2.18. The first kappa shape index (κ1) is 12.0. The Morgan fingerprint density at radius 1 is 1.23 bits per heavy atom. The van der Waals surface area contributed by atoms with E-state index < -0.39 is 0 Å². The molecule has 1 aromatic carbocycles. The molecule has 0 aliphatic carbocycles. The van der Waals surface area contributed by atoms with E-state index in [9.17, 15) is 0 Å². The predicted octanol–water partition coefficient (Wildman–Crippen LogP) is 3.00. The molecule has 0 N–H and O–H groups in total. The van der Waals surface area contributed by atoms with E-state index >= 15 is 0 Å². The largest absolute Gasteiger partial charge is 0.468 e. The minimum absolute atomic E-state index is 0.309. The van der Waals surface area contributed by atoms with Gasteiger partial charge in [0.2, 0.25) is 0 Å². The highest BCUT2D eigenvalue weighted by molar-refractivity contribution is 5.27. The minimum atomic E-state index is 0.309. The van der Waals surface area contributed by atoms with Crippen molar-refractivity contribution in [1.82, 2.24) is 0 Å². The third-order valence-corrected chi connectivity index (χ3v) is 1.33. The summed E-state index contributed by atoms with van der Waals surface area (Å²) in [7, 11) is 1.61. The first-order chi connectivity index (χ1) is 6.33. The van der Waals surface area contributed by atoms with Gasteiger partial charge in [-0.2, -0.15) is 0 Å². The zero-order valence-electron chi connectivity index (χ0n) is 8.83. The highest BCUT2D eigenvalue weighted by Crippen LogP contribution is 2.11. The second kappa shape index (κ2) is 7.62. The van der Waals surface area contributed by atoms with Crippen LogP contribution in [0.4, 0.5) is 0 Å². The van der Waals surface area contributed by atoms with Crippen molar-refractivity contribution in [2.75, 3.05) is 13.9 Å². The number of methoxy groups -OCH3 is 1. The van der Waals surface area contributed by atoms with Crippen LogP contribution in [-0.2, 0) is 4.74 Å². The molecule has 2 nitrogen and oxygen atoms in total. The molecule has 0 radical (unpaired) electrons. The summed E-state index contributed by atoms with van der Waals surface area (Å²) in [5.41, 5.74) is 1.19. The van der Waals surface area contributed by atoms with Crippen LogP contribution in [-0.4, -0.2) is 13.9 Å². The van der Waals surface area contributed by atoms with Crippen molar-refractivity contribution in [3.8, 4) is 5.75 Å². The molecule has 74 valence electrons. The highest BCUT2D eigenvalue weighted by atomic mass is 16.7. The Balaban J connectivity index is 0.000000671. The van der Waals surface area contributed by atoms with Gasteiger partial charge in [0.25, 0.3) is 0 Å². The zero-order chi connectivity index (χ0) is 10.1. The molecule has 0 fully saturated rings. The molecule has 0 aliphatic rings. The first-order valence-corrected chi connectivity index (χ1v) is 4.51. The Hall–Kier alpha value is -1.02. The van der Waals surface area contributed by atoms with Gasteiger partial charge in [-0.15, -0.1) is 0 Å². The summed E-state index contributed by atoms with van der Waals surface area (Å²) in [5.74, 6) is 0.854. The van der Waals surface area contributed by atoms with Gasteiger partial charge in [-0.05, 0) is 24.6 Å². The zero-order valence-corrected chi connectivity index (χ0v) is 8.83. The van der Waals surface area contributed by atoms with Crippen LogP contribution in [0.2, 0.25) is 0 Å². The predicted molar refractivity (Wildman–Crippen MR) is 55.0 cm³/mol. The van der Waals surface area contributed by atoms with Crippen LogP contribution in [0.15, 0.2) is 24.3 Å². The van der Waals surface area contributed by atoms with Gasteiger partial charge >= 0.3 is 0 Å². The number of hydrogen-bond acceptors (Lipinski definition) is 2. The van der Waals surface area contributed by atoms with E-state index in [0.717, 1.165) is 5.75 Å². The van der Waals surface area contributed by atoms with Crippen LogP contribution in [0, 0.1) is 6.92 Å². The van der Waals surface area contributed by atoms with Gasteiger partial charge in [-0.3, -0.25) is 0 Å². The Morgan fingerprint density at radius 2 is 1.92 bits per heavy atom. The summed E-state index contributed by atoms with van der Waals surface area (Å²) in [6, 6.07) is 7.87. The average molecular weight is 182 g/mol. The Kier molecular flexibility index (Phi) is 7.02. The molecule has 2 heteroatoms. The Morgan fingerprint density at radius 3 is 2.46 bits per heavy atom. The second-order valence-electron chi connectivity index (χ2n) is 2.37. The lowest BCUT2D eigenvalue weighted by Gasteiger charge is -2.03. The summed E-state index contributed by atoms with van der Waals surface area (Å²) in [6.45, 7) is 6.34. The lowest BCUT2D eigenvalue weighted by atomic mass is 10.2. The van der Waals surface area contributed by atoms with Crippen LogP contribution in [0.1, 0.15) is 19.4 Å². The molecule has 13 heavy (non-hydrogen) atoms. The number of hydrogen-bond donors (Lipinski definition) is 0. The van der Waals surface area contributed by atoms with E-state index in [1.54, 1.807) is 7.11 Å². The third kappa shape index (κ3) is 5.26. The summed E-state index contributed by atoms with van der Waals surface area (Å²) in [5, 5.41) is 0. The lowest BCUT2D eigenvalue weighted by molar-refractivity contribution is 0.0511. The van der Waals surface area contributed by atoms with Crippen LogP contribution >= 0.6 is 0 Å². The van der Waals surface area contributed by atoms with Gasteiger partial charge in [0.15, 0.2) is 6.79 Å². The van der Waals surface area contributed by atoms with E-state index in [4.69, 9.17) is 9.47 Å². The maximum absolute atomic E-state index is 5.21. The fraction of sp³-hybridized carbons (Fsp3) is 0.455. The fourth-order valence-corrected chi connectivity index (χ4v) is 0.832. The molecule has 0 aromatic heterocycles. The minimum Gasteiger partial charge on any atom is -0.468 e. The quantitative estimate of drug-likeness (QED) is 0.669. The summed E-state index contributed by atoms with van der Waals surface area (Å²) >= 11 is 0. The van der Waals surface area contributed by atoms with Crippen LogP contribution in [0.25, 0.3) is 0 Å². The number of rotatable bonds is 3. The summed E-state index contributed by atoms with van der Waals surface area (Å²) in [6.07, 6.45) is 0. The van der Waals surface area contributed by atoms with Gasteiger partial charge in [0.05, 0.1) is 0 Å². The van der Waals surface area contributed by atoms with Crippen molar-refractivity contribution in [2.45, 2.75) is 20.8 Å². The van der Waals surface area contributed by atoms with E-state index in [1.165, 1.54) is 5.56 Å². The molecular formula is C11H18O2. The molecular weight excluding hydrogens is 164 g/mol. The molecule has 0 aliphatic heterocycles. The van der Waals surface area contributed by atoms with Crippen molar-refractivity contribution >= 4 is 0 Å². The second-order valence-corrected chi connectivity index (χ2v) is 2.37. The van der Waals surface area contributed by atoms with E-state index in [-0.39, 0.29) is 0 Å². The Labute approximate surface area is 80.5 Å². The molecule has 0 saturated heterocycles. The van der Waals surface area contributed by atoms with Crippen molar-refractivity contribution in [3.05, 3.63) is 29.8 Å². The SMILES string of the molecule is CC.COCOc1cccc(C)c1. The number of ether oxygens (including phenoxy) is 2. The van der Waals surface area contributed by atoms with E-state index in [1.807, 2.05) is 45.0 Å². The Bertz CT molecular complexity index is 221. The van der Waals surface area contributed by atoms with Gasteiger partial charge in [-0.1, -0.05) is 26.0 Å². The highest BCUT2D eigenvalue weighted by Gasteiger charge is 1.90. The smallest absolute Gasteiger partial charge is 0.188 e. The maximum Gasteiger partial charge on any atom is 0.188 e. The third-order valence-electron chi connectivity index (χ3n) is 1.33. The van der Waals surface area contributed by atoms with Crippen molar-refractivity contribution in [2.24, 2.45) is 0 Å². The van der Waals surface area contributed by atoms with E-state index in [0.29, 0.717) is 6.79 Å². The van der Waals surface area contributed by atoms with Gasteiger partial charge in [-0.25, -0.2) is 0 Å². The van der Waals surface area contributed by atoms with Crippen molar-refractivity contribution in [3.63, 3.8) is 0 Å².